The number of benzene rings is 1. The minimum atomic E-state index is -1.96. The standard InChI is InChI=1S/C57H81NO18/c1-31-46(60)50(68-9)47(61)52(71-31)76-49-33(3)70-45(28-40(49)67-8)75-48-32(2)69-44(27-39(48)66-7)73-38-20-21-53(5)37(26-38)19-22-56(64)41(53)29-42(74-43(59)18-17-35-14-11-10-12-15-35)54(6)55(63,23-24-57(54,56)65)34(4)72-51(62)36-16-13-25-58-30-36/h10-18,25,30-34,37-42,44-50,52,60-61,63-65H,19-24,26-29H2,1-9H3/t31-,32-,33-,34+,37+,38+,39+,40-,41-,42-,44+,45+,46-,47-,48-,49-,50+,52+,53+,54-,55-,56+,57-/m1/s1. The molecule has 0 radical (unpaired) electrons. The molecule has 4 aliphatic carbocycles. The van der Waals surface area contributed by atoms with Gasteiger partial charge in [-0.3, -0.25) is 4.98 Å². The van der Waals surface area contributed by atoms with Crippen molar-refractivity contribution in [3.05, 3.63) is 72.1 Å². The zero-order valence-electron chi connectivity index (χ0n) is 45.3. The van der Waals surface area contributed by atoms with Crippen molar-refractivity contribution in [2.45, 2.75) is 221 Å². The molecule has 4 saturated carbocycles. The summed E-state index contributed by atoms with van der Waals surface area (Å²) in [6.07, 6.45) is -2.47. The van der Waals surface area contributed by atoms with E-state index in [-0.39, 0.29) is 43.3 Å². The third-order valence-corrected chi connectivity index (χ3v) is 19.3. The van der Waals surface area contributed by atoms with Crippen LogP contribution in [0.15, 0.2) is 60.9 Å². The van der Waals surface area contributed by atoms with Gasteiger partial charge in [0.2, 0.25) is 0 Å². The fraction of sp³-hybridized carbons (Fsp3) is 0.737. The maximum Gasteiger partial charge on any atom is 0.340 e. The highest BCUT2D eigenvalue weighted by Gasteiger charge is 2.82. The molecule has 4 heterocycles. The number of pyridine rings is 1. The fourth-order valence-electron chi connectivity index (χ4n) is 14.9. The van der Waals surface area contributed by atoms with Gasteiger partial charge in [-0.25, -0.2) is 9.59 Å². The monoisotopic (exact) mass is 1070 g/mol. The summed E-state index contributed by atoms with van der Waals surface area (Å²) in [5, 5.41) is 61.1. The molecule has 422 valence electrons. The van der Waals surface area contributed by atoms with Crippen LogP contribution in [-0.4, -0.2) is 179 Å². The second kappa shape index (κ2) is 22.6. The molecule has 0 amide bonds. The normalized spacial score (nSPS) is 45.8. The molecular formula is C57H81NO18. The van der Waals surface area contributed by atoms with E-state index in [1.54, 1.807) is 53.2 Å². The molecule has 2 aromatic rings. The van der Waals surface area contributed by atoms with Crippen LogP contribution in [0.4, 0.5) is 0 Å². The number of fused-ring (bicyclic) bond motifs is 5. The first-order valence-corrected chi connectivity index (χ1v) is 27.2. The van der Waals surface area contributed by atoms with Crippen molar-refractivity contribution < 1.29 is 87.2 Å². The van der Waals surface area contributed by atoms with Gasteiger partial charge in [0.05, 0.1) is 53.2 Å². The number of ether oxygens (including phenoxy) is 11. The number of esters is 2. The Morgan fingerprint density at radius 1 is 0.737 bits per heavy atom. The van der Waals surface area contributed by atoms with Crippen molar-refractivity contribution in [1.82, 2.24) is 4.98 Å². The SMILES string of the molecule is CO[C@@H]1[C@@H](O)[C@H](O[C@@H]2[C@@H](C)O[C@@H](O[C@H]3[C@@H](OC)C[C@H](O[C@H]4CC[C@@]5(C)[C@@H](CC[C@]6(O)[C@@H]5C[C@@H](OC(=O)C=Cc5ccccc5)[C@@]5(C)[C@]6(O)CC[C@@]5(O)[C@H](C)OC(=O)c5cccnc5)C4)O[C@@H]3C)C[C@H]2OC)O[C@H](C)[C@H]1O. The summed E-state index contributed by atoms with van der Waals surface area (Å²) in [4.78, 5) is 31.4. The summed E-state index contributed by atoms with van der Waals surface area (Å²) >= 11 is 0. The Morgan fingerprint density at radius 3 is 2.05 bits per heavy atom. The van der Waals surface area contributed by atoms with Crippen LogP contribution in [0.25, 0.3) is 6.08 Å². The van der Waals surface area contributed by atoms with Gasteiger partial charge in [-0.15, -0.1) is 0 Å². The first-order chi connectivity index (χ1) is 36.1. The highest BCUT2D eigenvalue weighted by molar-refractivity contribution is 5.89. The first kappa shape index (κ1) is 57.2. The zero-order valence-corrected chi connectivity index (χ0v) is 45.3. The summed E-state index contributed by atoms with van der Waals surface area (Å²) in [6.45, 7) is 10.9. The molecule has 76 heavy (non-hydrogen) atoms. The third kappa shape index (κ3) is 10.1. The average Bonchev–Trinajstić information content (AvgIpc) is 3.26. The lowest BCUT2D eigenvalue weighted by molar-refractivity contribution is -0.353. The summed E-state index contributed by atoms with van der Waals surface area (Å²) in [5.74, 6) is -1.88. The Morgan fingerprint density at radius 2 is 1.41 bits per heavy atom. The molecule has 19 nitrogen and oxygen atoms in total. The van der Waals surface area contributed by atoms with Crippen LogP contribution < -0.4 is 0 Å². The molecule has 1 aromatic carbocycles. The van der Waals surface area contributed by atoms with E-state index in [4.69, 9.17) is 52.1 Å². The molecule has 3 aliphatic heterocycles. The Kier molecular flexibility index (Phi) is 17.0. The first-order valence-electron chi connectivity index (χ1n) is 27.2. The molecule has 9 rings (SSSR count). The maximum atomic E-state index is 13.9. The van der Waals surface area contributed by atoms with E-state index in [2.05, 4.69) is 11.9 Å². The van der Waals surface area contributed by atoms with E-state index in [0.717, 1.165) is 5.56 Å². The number of hydrogen-bond donors (Lipinski definition) is 5. The minimum Gasteiger partial charge on any atom is -0.458 e. The van der Waals surface area contributed by atoms with Gasteiger partial charge in [0.25, 0.3) is 0 Å². The lowest BCUT2D eigenvalue weighted by Crippen LogP contribution is -2.79. The van der Waals surface area contributed by atoms with Crippen LogP contribution in [0.1, 0.15) is 122 Å². The Bertz CT molecular complexity index is 2330. The van der Waals surface area contributed by atoms with E-state index >= 15 is 0 Å². The molecule has 0 bridgehead atoms. The molecule has 0 spiro atoms. The average molecular weight is 1070 g/mol. The summed E-state index contributed by atoms with van der Waals surface area (Å²) in [7, 11) is 4.62. The van der Waals surface area contributed by atoms with Gasteiger partial charge < -0.3 is 77.6 Å². The Balaban J connectivity index is 0.869. The second-order valence-corrected chi connectivity index (χ2v) is 23.1. The van der Waals surface area contributed by atoms with Gasteiger partial charge in [0.1, 0.15) is 53.9 Å². The lowest BCUT2D eigenvalue weighted by atomic mass is 9.40. The molecular weight excluding hydrogens is 987 g/mol. The summed E-state index contributed by atoms with van der Waals surface area (Å²) in [5.41, 5.74) is -6.85. The van der Waals surface area contributed by atoms with Crippen molar-refractivity contribution in [2.75, 3.05) is 21.3 Å². The molecule has 3 saturated heterocycles. The fourth-order valence-corrected chi connectivity index (χ4v) is 14.9. The van der Waals surface area contributed by atoms with Crippen LogP contribution in [0.2, 0.25) is 0 Å². The number of nitrogens with zero attached hydrogens (tertiary/aromatic N) is 1. The molecule has 7 aliphatic rings. The molecule has 23 atom stereocenters. The predicted octanol–water partition coefficient (Wildman–Crippen LogP) is 4.80. The minimum absolute atomic E-state index is 0.0269. The van der Waals surface area contributed by atoms with Gasteiger partial charge in [-0.2, -0.15) is 0 Å². The predicted molar refractivity (Wildman–Crippen MR) is 271 cm³/mol. The van der Waals surface area contributed by atoms with Gasteiger partial charge in [0.15, 0.2) is 18.9 Å². The maximum absolute atomic E-state index is 13.9. The Labute approximate surface area is 445 Å². The van der Waals surface area contributed by atoms with Gasteiger partial charge in [-0.05, 0) is 120 Å². The molecule has 1 aromatic heterocycles. The molecule has 0 unspecified atom stereocenters. The van der Waals surface area contributed by atoms with Gasteiger partial charge in [0, 0.05) is 52.6 Å². The number of hydrogen-bond acceptors (Lipinski definition) is 19. The Hall–Kier alpha value is -3.51. The van der Waals surface area contributed by atoms with E-state index in [0.29, 0.717) is 38.5 Å². The molecule has 5 N–H and O–H groups in total. The van der Waals surface area contributed by atoms with Crippen LogP contribution >= 0.6 is 0 Å². The number of aliphatic hydroxyl groups excluding tert-OH is 2. The number of aliphatic hydroxyl groups is 5. The van der Waals surface area contributed by atoms with Crippen LogP contribution in [0, 0.1) is 22.7 Å². The van der Waals surface area contributed by atoms with Crippen LogP contribution in [-0.2, 0) is 56.9 Å². The van der Waals surface area contributed by atoms with Crippen LogP contribution in [0.5, 0.6) is 0 Å². The lowest BCUT2D eigenvalue weighted by Gasteiger charge is -2.69. The van der Waals surface area contributed by atoms with E-state index in [1.165, 1.54) is 25.6 Å². The summed E-state index contributed by atoms with van der Waals surface area (Å²) < 4.78 is 68.1. The topological polar surface area (TPSA) is 250 Å². The number of aromatic nitrogens is 1. The summed E-state index contributed by atoms with van der Waals surface area (Å²) in [6, 6.07) is 12.5. The van der Waals surface area contributed by atoms with Crippen molar-refractivity contribution in [3.8, 4) is 0 Å². The zero-order chi connectivity index (χ0) is 54.5. The highest BCUT2D eigenvalue weighted by atomic mass is 16.8. The van der Waals surface area contributed by atoms with Crippen molar-refractivity contribution in [1.29, 1.82) is 0 Å². The number of methoxy groups -OCH3 is 3. The van der Waals surface area contributed by atoms with E-state index < -0.39 is 138 Å². The van der Waals surface area contributed by atoms with Crippen molar-refractivity contribution in [2.24, 2.45) is 22.7 Å². The highest BCUT2D eigenvalue weighted by Crippen LogP contribution is 2.72. The third-order valence-electron chi connectivity index (χ3n) is 19.3. The smallest absolute Gasteiger partial charge is 0.340 e. The van der Waals surface area contributed by atoms with Crippen molar-refractivity contribution in [3.63, 3.8) is 0 Å². The van der Waals surface area contributed by atoms with E-state index in [9.17, 15) is 35.1 Å². The largest absolute Gasteiger partial charge is 0.458 e. The van der Waals surface area contributed by atoms with Crippen molar-refractivity contribution >= 4 is 18.0 Å². The second-order valence-electron chi connectivity index (χ2n) is 23.1. The quantitative estimate of drug-likeness (QED) is 0.0913. The van der Waals surface area contributed by atoms with Crippen LogP contribution in [0.3, 0.4) is 0 Å². The number of rotatable bonds is 15. The number of carbonyl (C=O) groups excluding carboxylic acids is 2. The molecule has 19 heteroatoms. The number of carbonyl (C=O) groups is 2. The van der Waals surface area contributed by atoms with Gasteiger partial charge in [-0.1, -0.05) is 44.2 Å². The van der Waals surface area contributed by atoms with E-state index in [1.807, 2.05) is 44.2 Å². The van der Waals surface area contributed by atoms with Gasteiger partial charge >= 0.3 is 11.9 Å². The molecule has 7 fully saturated rings.